The molecule has 0 aromatic rings. The fraction of sp³-hybridized carbons (Fsp3) is 0.706. The van der Waals surface area contributed by atoms with Crippen molar-refractivity contribution in [3.05, 3.63) is 24.4 Å². The van der Waals surface area contributed by atoms with Gasteiger partial charge in [-0.25, -0.2) is 0 Å². The third-order valence-electron chi connectivity index (χ3n) is 3.41. The van der Waals surface area contributed by atoms with Crippen molar-refractivity contribution in [3.63, 3.8) is 0 Å². The summed E-state index contributed by atoms with van der Waals surface area (Å²) in [5, 5.41) is 0. The van der Waals surface area contributed by atoms with E-state index in [0.717, 1.165) is 0 Å². The molecule has 0 amide bonds. The van der Waals surface area contributed by atoms with Gasteiger partial charge < -0.3 is 0 Å². The number of hydrogen-bond acceptors (Lipinski definition) is 1. The highest BCUT2D eigenvalue weighted by molar-refractivity contribution is 5.54. The van der Waals surface area contributed by atoms with E-state index in [1.807, 2.05) is 19.3 Å². The Labute approximate surface area is 114 Å². The topological polar surface area (TPSA) is 12.4 Å². The van der Waals surface area contributed by atoms with E-state index in [0.29, 0.717) is 17.3 Å². The molecule has 0 aliphatic rings. The van der Waals surface area contributed by atoms with E-state index in [1.54, 1.807) is 0 Å². The van der Waals surface area contributed by atoms with Crippen LogP contribution in [0.15, 0.2) is 29.4 Å². The molecule has 0 heterocycles. The molecule has 0 aromatic heterocycles. The van der Waals surface area contributed by atoms with Crippen molar-refractivity contribution in [1.29, 1.82) is 0 Å². The Balaban J connectivity index is 4.13. The van der Waals surface area contributed by atoms with Crippen molar-refractivity contribution in [2.75, 3.05) is 0 Å². The Morgan fingerprint density at radius 1 is 1.11 bits per heavy atom. The average Bonchev–Trinajstić information content (AvgIpc) is 2.34. The minimum absolute atomic E-state index is 0.305. The van der Waals surface area contributed by atoms with Gasteiger partial charge in [-0.15, -0.1) is 0 Å². The summed E-state index contributed by atoms with van der Waals surface area (Å²) < 4.78 is 0. The van der Waals surface area contributed by atoms with E-state index in [1.165, 1.54) is 19.3 Å². The normalized spacial score (nSPS) is 17.0. The minimum atomic E-state index is 0.305. The molecule has 0 bridgehead atoms. The zero-order chi connectivity index (χ0) is 14.0. The maximum absolute atomic E-state index is 4.11. The van der Waals surface area contributed by atoms with Crippen molar-refractivity contribution in [1.82, 2.24) is 0 Å². The van der Waals surface area contributed by atoms with E-state index in [-0.39, 0.29) is 0 Å². The summed E-state index contributed by atoms with van der Waals surface area (Å²) in [5.74, 6) is 1.30. The number of rotatable bonds is 8. The van der Waals surface area contributed by atoms with Gasteiger partial charge in [0.05, 0.1) is 0 Å². The second-order valence-electron chi connectivity index (χ2n) is 6.00. The summed E-state index contributed by atoms with van der Waals surface area (Å²) in [6, 6.07) is 0. The Morgan fingerprint density at radius 2 is 1.78 bits per heavy atom. The van der Waals surface area contributed by atoms with Crippen LogP contribution in [0.4, 0.5) is 0 Å². The Kier molecular flexibility index (Phi) is 8.70. The lowest BCUT2D eigenvalue weighted by atomic mass is 9.84. The minimum Gasteiger partial charge on any atom is -0.270 e. The molecule has 0 radical (unpaired) electrons. The van der Waals surface area contributed by atoms with Crippen molar-refractivity contribution in [2.24, 2.45) is 22.2 Å². The average molecular weight is 249 g/mol. The van der Waals surface area contributed by atoms with E-state index < -0.39 is 0 Å². The lowest BCUT2D eigenvalue weighted by Gasteiger charge is -2.22. The lowest BCUT2D eigenvalue weighted by molar-refractivity contribution is 0.393. The van der Waals surface area contributed by atoms with E-state index in [9.17, 15) is 0 Å². The van der Waals surface area contributed by atoms with Crippen LogP contribution in [-0.4, -0.2) is 6.21 Å². The van der Waals surface area contributed by atoms with Crippen LogP contribution < -0.4 is 0 Å². The molecule has 2 atom stereocenters. The smallest absolute Gasteiger partial charge is 0.0226 e. The third-order valence-corrected chi connectivity index (χ3v) is 3.41. The summed E-state index contributed by atoms with van der Waals surface area (Å²) in [5.41, 5.74) is 0.305. The van der Waals surface area contributed by atoms with Gasteiger partial charge in [0.1, 0.15) is 0 Å². The van der Waals surface area contributed by atoms with Crippen molar-refractivity contribution in [2.45, 2.75) is 60.8 Å². The van der Waals surface area contributed by atoms with E-state index >= 15 is 0 Å². The zero-order valence-corrected chi connectivity index (χ0v) is 13.1. The summed E-state index contributed by atoms with van der Waals surface area (Å²) in [4.78, 5) is 4.11. The molecule has 1 heteroatoms. The Bertz CT molecular complexity index is 284. The SMILES string of the molecule is C/C=N\C=C/C(C)CCC(C)(C)/C=C\[C@H](C)CC. The van der Waals surface area contributed by atoms with Gasteiger partial charge in [-0.1, -0.05) is 59.3 Å². The molecule has 1 unspecified atom stereocenters. The maximum Gasteiger partial charge on any atom is 0.0226 e. The lowest BCUT2D eigenvalue weighted by Crippen LogP contribution is -2.09. The van der Waals surface area contributed by atoms with Crippen molar-refractivity contribution in [3.8, 4) is 0 Å². The van der Waals surface area contributed by atoms with Crippen LogP contribution in [0.1, 0.15) is 60.8 Å². The number of allylic oxidation sites excluding steroid dienone is 3. The molecular formula is C17H31N. The van der Waals surface area contributed by atoms with Gasteiger partial charge in [0.2, 0.25) is 0 Å². The second-order valence-corrected chi connectivity index (χ2v) is 6.00. The highest BCUT2D eigenvalue weighted by Crippen LogP contribution is 2.27. The molecule has 0 aromatic carbocycles. The summed E-state index contributed by atoms with van der Waals surface area (Å²) in [6.07, 6.45) is 14.3. The van der Waals surface area contributed by atoms with Gasteiger partial charge in [-0.3, -0.25) is 4.99 Å². The van der Waals surface area contributed by atoms with Crippen LogP contribution in [0.5, 0.6) is 0 Å². The number of nitrogens with zero attached hydrogens (tertiary/aromatic N) is 1. The molecule has 0 saturated carbocycles. The van der Waals surface area contributed by atoms with E-state index in [2.05, 4.69) is 57.8 Å². The molecule has 0 spiro atoms. The molecule has 104 valence electrons. The Hall–Kier alpha value is -0.850. The van der Waals surface area contributed by atoms with E-state index in [4.69, 9.17) is 0 Å². The van der Waals surface area contributed by atoms with Crippen molar-refractivity contribution < 1.29 is 0 Å². The van der Waals surface area contributed by atoms with Gasteiger partial charge in [-0.2, -0.15) is 0 Å². The van der Waals surface area contributed by atoms with Gasteiger partial charge in [0.15, 0.2) is 0 Å². The van der Waals surface area contributed by atoms with Gasteiger partial charge in [-0.05, 0) is 37.0 Å². The quantitative estimate of drug-likeness (QED) is 0.390. The first kappa shape index (κ1) is 17.2. The maximum atomic E-state index is 4.11. The van der Waals surface area contributed by atoms with Gasteiger partial charge >= 0.3 is 0 Å². The molecule has 0 aliphatic carbocycles. The van der Waals surface area contributed by atoms with Crippen LogP contribution >= 0.6 is 0 Å². The molecule has 0 saturated heterocycles. The summed E-state index contributed by atoms with van der Waals surface area (Å²) >= 11 is 0. The van der Waals surface area contributed by atoms with Crippen molar-refractivity contribution >= 4 is 6.21 Å². The third kappa shape index (κ3) is 9.21. The van der Waals surface area contributed by atoms with Gasteiger partial charge in [0, 0.05) is 12.4 Å². The fourth-order valence-corrected chi connectivity index (χ4v) is 1.62. The first-order valence-corrected chi connectivity index (χ1v) is 7.25. The first-order valence-electron chi connectivity index (χ1n) is 7.25. The monoisotopic (exact) mass is 249 g/mol. The first-order chi connectivity index (χ1) is 8.41. The molecule has 18 heavy (non-hydrogen) atoms. The molecule has 1 nitrogen and oxygen atoms in total. The standard InChI is InChI=1S/C17H31N/c1-7-15(3)9-12-17(5,6)13-10-16(4)11-14-18-8-2/h8-9,11-12,14-16H,7,10,13H2,1-6H3/b12-9-,14-11-,18-8-/t15-,16?/m1/s1. The fourth-order valence-electron chi connectivity index (χ4n) is 1.62. The summed E-state index contributed by atoms with van der Waals surface area (Å²) in [7, 11) is 0. The van der Waals surface area contributed by atoms with Crippen LogP contribution in [0, 0.1) is 17.3 Å². The molecule has 0 N–H and O–H groups in total. The highest BCUT2D eigenvalue weighted by atomic mass is 14.6. The molecular weight excluding hydrogens is 218 g/mol. The number of hydrogen-bond donors (Lipinski definition) is 0. The predicted molar refractivity (Wildman–Crippen MR) is 84.1 cm³/mol. The van der Waals surface area contributed by atoms with Crippen LogP contribution in [-0.2, 0) is 0 Å². The van der Waals surface area contributed by atoms with Crippen LogP contribution in [0.2, 0.25) is 0 Å². The number of aliphatic imine (C=N–C) groups is 1. The van der Waals surface area contributed by atoms with Crippen LogP contribution in [0.25, 0.3) is 0 Å². The summed E-state index contributed by atoms with van der Waals surface area (Å²) in [6.45, 7) is 13.4. The van der Waals surface area contributed by atoms with Crippen LogP contribution in [0.3, 0.4) is 0 Å². The predicted octanol–water partition coefficient (Wildman–Crippen LogP) is 5.64. The molecule has 0 fully saturated rings. The largest absolute Gasteiger partial charge is 0.270 e. The molecule has 0 aliphatic heterocycles. The zero-order valence-electron chi connectivity index (χ0n) is 13.1. The molecule has 0 rings (SSSR count). The van der Waals surface area contributed by atoms with Gasteiger partial charge in [0.25, 0.3) is 0 Å². The Morgan fingerprint density at radius 3 is 2.33 bits per heavy atom. The second kappa shape index (κ2) is 9.13. The highest BCUT2D eigenvalue weighted by Gasteiger charge is 2.14.